The van der Waals surface area contributed by atoms with Crippen LogP contribution in [0.25, 0.3) is 0 Å². The Morgan fingerprint density at radius 3 is 2.36 bits per heavy atom. The summed E-state index contributed by atoms with van der Waals surface area (Å²) in [5.74, 6) is 0.935. The maximum atomic E-state index is 3.74. The van der Waals surface area contributed by atoms with Gasteiger partial charge in [0.25, 0.3) is 0 Å². The van der Waals surface area contributed by atoms with Crippen LogP contribution in [-0.2, 0) is 0 Å². The van der Waals surface area contributed by atoms with E-state index in [2.05, 4.69) is 12.2 Å². The molecule has 2 aliphatic rings. The molecule has 1 nitrogen and oxygen atoms in total. The first-order valence-corrected chi connectivity index (χ1v) is 5.12. The van der Waals surface area contributed by atoms with Gasteiger partial charge in [-0.3, -0.25) is 0 Å². The van der Waals surface area contributed by atoms with Gasteiger partial charge in [0, 0.05) is 12.1 Å². The van der Waals surface area contributed by atoms with Gasteiger partial charge in [-0.15, -0.1) is 0 Å². The largest absolute Gasteiger partial charge is 0.311 e. The average molecular weight is 153 g/mol. The van der Waals surface area contributed by atoms with Gasteiger partial charge in [0.1, 0.15) is 0 Å². The van der Waals surface area contributed by atoms with Crippen LogP contribution in [0.2, 0.25) is 0 Å². The predicted octanol–water partition coefficient (Wildman–Crippen LogP) is 2.32. The highest BCUT2D eigenvalue weighted by Crippen LogP contribution is 2.28. The smallest absolute Gasteiger partial charge is 0.00952 e. The zero-order valence-electron chi connectivity index (χ0n) is 7.47. The van der Waals surface area contributed by atoms with Crippen molar-refractivity contribution in [3.63, 3.8) is 0 Å². The van der Waals surface area contributed by atoms with Crippen molar-refractivity contribution in [1.29, 1.82) is 0 Å². The molecule has 0 aromatic carbocycles. The summed E-state index contributed by atoms with van der Waals surface area (Å²) >= 11 is 0. The lowest BCUT2D eigenvalue weighted by Crippen LogP contribution is -2.38. The van der Waals surface area contributed by atoms with E-state index < -0.39 is 0 Å². The minimum absolute atomic E-state index is 0.858. The molecule has 0 unspecified atom stereocenters. The van der Waals surface area contributed by atoms with Crippen LogP contribution in [0.1, 0.15) is 45.4 Å². The molecule has 0 spiro atoms. The summed E-state index contributed by atoms with van der Waals surface area (Å²) in [6.45, 7) is 2.40. The van der Waals surface area contributed by atoms with Crippen molar-refractivity contribution in [3.05, 3.63) is 0 Å². The predicted molar refractivity (Wildman–Crippen MR) is 47.6 cm³/mol. The normalized spacial score (nSPS) is 39.0. The van der Waals surface area contributed by atoms with E-state index in [1.807, 2.05) is 0 Å². The molecule has 0 bridgehead atoms. The Kier molecular flexibility index (Phi) is 2.17. The standard InChI is InChI=1S/C10H19N/c1-8-4-2-3-5-10(8)11-9-6-7-9/h8-11H,2-7H2,1H3/t8-,10-/m0/s1. The summed E-state index contributed by atoms with van der Waals surface area (Å²) < 4.78 is 0. The molecule has 2 saturated carbocycles. The highest BCUT2D eigenvalue weighted by molar-refractivity contribution is 4.88. The van der Waals surface area contributed by atoms with Crippen LogP contribution in [0.4, 0.5) is 0 Å². The highest BCUT2D eigenvalue weighted by atomic mass is 15.0. The zero-order chi connectivity index (χ0) is 7.68. The van der Waals surface area contributed by atoms with E-state index in [-0.39, 0.29) is 0 Å². The van der Waals surface area contributed by atoms with Gasteiger partial charge in [0.2, 0.25) is 0 Å². The third kappa shape index (κ3) is 1.96. The van der Waals surface area contributed by atoms with Crippen LogP contribution in [-0.4, -0.2) is 12.1 Å². The molecule has 1 heteroatoms. The molecule has 2 atom stereocenters. The molecule has 0 radical (unpaired) electrons. The molecular weight excluding hydrogens is 134 g/mol. The number of hydrogen-bond acceptors (Lipinski definition) is 1. The second-order valence-corrected chi connectivity index (χ2v) is 4.31. The summed E-state index contributed by atoms with van der Waals surface area (Å²) in [6, 6.07) is 1.76. The first-order valence-electron chi connectivity index (χ1n) is 5.12. The lowest BCUT2D eigenvalue weighted by Gasteiger charge is -2.29. The average Bonchev–Trinajstić information content (AvgIpc) is 2.78. The van der Waals surface area contributed by atoms with Gasteiger partial charge >= 0.3 is 0 Å². The van der Waals surface area contributed by atoms with Gasteiger partial charge in [-0.25, -0.2) is 0 Å². The van der Waals surface area contributed by atoms with Crippen molar-refractivity contribution in [1.82, 2.24) is 5.32 Å². The second kappa shape index (κ2) is 3.14. The Bertz CT molecular complexity index is 129. The Balaban J connectivity index is 1.78. The molecule has 2 rings (SSSR count). The van der Waals surface area contributed by atoms with Crippen LogP contribution in [0.5, 0.6) is 0 Å². The maximum absolute atomic E-state index is 3.74. The molecule has 0 heterocycles. The van der Waals surface area contributed by atoms with E-state index in [0.717, 1.165) is 18.0 Å². The van der Waals surface area contributed by atoms with Crippen LogP contribution in [0.3, 0.4) is 0 Å². The minimum Gasteiger partial charge on any atom is -0.311 e. The van der Waals surface area contributed by atoms with Gasteiger partial charge < -0.3 is 5.32 Å². The fraction of sp³-hybridized carbons (Fsp3) is 1.00. The van der Waals surface area contributed by atoms with E-state index >= 15 is 0 Å². The zero-order valence-corrected chi connectivity index (χ0v) is 7.47. The first-order chi connectivity index (χ1) is 5.36. The van der Waals surface area contributed by atoms with Crippen LogP contribution in [0.15, 0.2) is 0 Å². The molecule has 0 aliphatic heterocycles. The molecule has 64 valence electrons. The van der Waals surface area contributed by atoms with E-state index in [1.54, 1.807) is 0 Å². The van der Waals surface area contributed by atoms with Crippen molar-refractivity contribution in [2.24, 2.45) is 5.92 Å². The summed E-state index contributed by atoms with van der Waals surface area (Å²) in [5.41, 5.74) is 0. The van der Waals surface area contributed by atoms with Gasteiger partial charge in [-0.2, -0.15) is 0 Å². The van der Waals surface area contributed by atoms with E-state index in [9.17, 15) is 0 Å². The Morgan fingerprint density at radius 1 is 1.00 bits per heavy atom. The van der Waals surface area contributed by atoms with Crippen molar-refractivity contribution in [3.8, 4) is 0 Å². The monoisotopic (exact) mass is 153 g/mol. The SMILES string of the molecule is C[C@H]1CCCC[C@@H]1NC1CC1. The van der Waals surface area contributed by atoms with E-state index in [4.69, 9.17) is 0 Å². The number of nitrogens with one attached hydrogen (secondary N) is 1. The third-order valence-electron chi connectivity index (χ3n) is 3.14. The molecule has 11 heavy (non-hydrogen) atoms. The third-order valence-corrected chi connectivity index (χ3v) is 3.14. The minimum atomic E-state index is 0.858. The van der Waals surface area contributed by atoms with Crippen molar-refractivity contribution in [2.75, 3.05) is 0 Å². The van der Waals surface area contributed by atoms with Gasteiger partial charge in [-0.05, 0) is 31.6 Å². The molecule has 0 aromatic rings. The lowest BCUT2D eigenvalue weighted by molar-refractivity contribution is 0.279. The fourth-order valence-corrected chi connectivity index (χ4v) is 2.12. The highest BCUT2D eigenvalue weighted by Gasteiger charge is 2.28. The molecule has 1 N–H and O–H groups in total. The molecular formula is C10H19N. The molecule has 0 aromatic heterocycles. The van der Waals surface area contributed by atoms with Gasteiger partial charge in [0.15, 0.2) is 0 Å². The van der Waals surface area contributed by atoms with Crippen molar-refractivity contribution >= 4 is 0 Å². The fourth-order valence-electron chi connectivity index (χ4n) is 2.12. The van der Waals surface area contributed by atoms with Crippen LogP contribution < -0.4 is 5.32 Å². The molecule has 0 amide bonds. The molecule has 2 fully saturated rings. The first kappa shape index (κ1) is 7.60. The van der Waals surface area contributed by atoms with Crippen molar-refractivity contribution in [2.45, 2.75) is 57.5 Å². The Hall–Kier alpha value is -0.0400. The van der Waals surface area contributed by atoms with Gasteiger partial charge in [-0.1, -0.05) is 19.8 Å². The quantitative estimate of drug-likeness (QED) is 0.642. The Labute approximate surface area is 69.6 Å². The molecule has 0 saturated heterocycles. The maximum Gasteiger partial charge on any atom is 0.00952 e. The van der Waals surface area contributed by atoms with E-state index in [0.29, 0.717) is 0 Å². The number of rotatable bonds is 2. The summed E-state index contributed by atoms with van der Waals surface area (Å²) in [6.07, 6.45) is 8.66. The summed E-state index contributed by atoms with van der Waals surface area (Å²) in [7, 11) is 0. The van der Waals surface area contributed by atoms with Gasteiger partial charge in [0.05, 0.1) is 0 Å². The van der Waals surface area contributed by atoms with Crippen molar-refractivity contribution < 1.29 is 0 Å². The molecule has 2 aliphatic carbocycles. The summed E-state index contributed by atoms with van der Waals surface area (Å²) in [4.78, 5) is 0. The number of hydrogen-bond donors (Lipinski definition) is 1. The van der Waals surface area contributed by atoms with E-state index in [1.165, 1.54) is 38.5 Å². The summed E-state index contributed by atoms with van der Waals surface area (Å²) in [5, 5.41) is 3.74. The van der Waals surface area contributed by atoms with Crippen LogP contribution >= 0.6 is 0 Å². The van der Waals surface area contributed by atoms with Crippen LogP contribution in [0, 0.1) is 5.92 Å². The lowest BCUT2D eigenvalue weighted by atomic mass is 9.86. The second-order valence-electron chi connectivity index (χ2n) is 4.31. The topological polar surface area (TPSA) is 12.0 Å². The Morgan fingerprint density at radius 2 is 1.73 bits per heavy atom.